The second kappa shape index (κ2) is 3.52. The minimum absolute atomic E-state index is 0.0154. The molecule has 3 nitrogen and oxygen atoms in total. The third-order valence-electron chi connectivity index (χ3n) is 2.04. The smallest absolute Gasteiger partial charge is 0.233 e. The molecule has 0 amide bonds. The van der Waals surface area contributed by atoms with Gasteiger partial charge in [0.2, 0.25) is 9.05 Å². The molecule has 1 rings (SSSR count). The van der Waals surface area contributed by atoms with Gasteiger partial charge in [0.05, 0.1) is 12.4 Å². The lowest BCUT2D eigenvalue weighted by Gasteiger charge is -2.31. The van der Waals surface area contributed by atoms with Gasteiger partial charge in [0, 0.05) is 22.7 Å². The van der Waals surface area contributed by atoms with Crippen LogP contribution in [0.1, 0.15) is 19.8 Å². The molecular weight excluding hydrogens is 200 g/mol. The zero-order chi connectivity index (χ0) is 9.24. The Hall–Kier alpha value is 0.200. The van der Waals surface area contributed by atoms with Crippen molar-refractivity contribution in [1.29, 1.82) is 0 Å². The SMILES string of the molecule is CC1(CS(=O)(=O)Cl)CCCOC1. The van der Waals surface area contributed by atoms with E-state index in [4.69, 9.17) is 15.4 Å². The van der Waals surface area contributed by atoms with Crippen LogP contribution < -0.4 is 0 Å². The van der Waals surface area contributed by atoms with E-state index >= 15 is 0 Å². The first-order valence-electron chi connectivity index (χ1n) is 3.91. The van der Waals surface area contributed by atoms with Crippen LogP contribution >= 0.6 is 10.7 Å². The zero-order valence-electron chi connectivity index (χ0n) is 7.05. The highest BCUT2D eigenvalue weighted by atomic mass is 35.7. The normalized spacial score (nSPS) is 31.8. The van der Waals surface area contributed by atoms with E-state index in [1.165, 1.54) is 0 Å². The molecular formula is C7H13ClO3S. The van der Waals surface area contributed by atoms with Crippen molar-refractivity contribution in [2.24, 2.45) is 5.41 Å². The summed E-state index contributed by atoms with van der Waals surface area (Å²) in [5.41, 5.74) is -0.279. The lowest BCUT2D eigenvalue weighted by molar-refractivity contribution is 0.0146. The van der Waals surface area contributed by atoms with Crippen LogP contribution in [0.3, 0.4) is 0 Å². The van der Waals surface area contributed by atoms with Gasteiger partial charge in [-0.2, -0.15) is 0 Å². The Morgan fingerprint density at radius 1 is 1.58 bits per heavy atom. The topological polar surface area (TPSA) is 43.4 Å². The van der Waals surface area contributed by atoms with Gasteiger partial charge in [0.25, 0.3) is 0 Å². The molecule has 0 aromatic carbocycles. The summed E-state index contributed by atoms with van der Waals surface area (Å²) in [6.45, 7) is 3.13. The van der Waals surface area contributed by atoms with E-state index < -0.39 is 9.05 Å². The van der Waals surface area contributed by atoms with E-state index in [0.29, 0.717) is 6.61 Å². The largest absolute Gasteiger partial charge is 0.381 e. The minimum atomic E-state index is -3.39. The van der Waals surface area contributed by atoms with Gasteiger partial charge in [-0.25, -0.2) is 8.42 Å². The molecule has 0 spiro atoms. The molecule has 1 aliphatic rings. The highest BCUT2D eigenvalue weighted by Crippen LogP contribution is 2.30. The molecule has 0 aromatic rings. The predicted molar refractivity (Wildman–Crippen MR) is 47.8 cm³/mol. The first kappa shape index (κ1) is 10.3. The van der Waals surface area contributed by atoms with Crippen molar-refractivity contribution in [2.75, 3.05) is 19.0 Å². The van der Waals surface area contributed by atoms with Crippen LogP contribution in [0.15, 0.2) is 0 Å². The summed E-state index contributed by atoms with van der Waals surface area (Å²) in [5, 5.41) is 0. The van der Waals surface area contributed by atoms with Crippen molar-refractivity contribution >= 4 is 19.7 Å². The summed E-state index contributed by atoms with van der Waals surface area (Å²) in [4.78, 5) is 0. The van der Waals surface area contributed by atoms with Gasteiger partial charge in [-0.15, -0.1) is 0 Å². The van der Waals surface area contributed by atoms with Crippen molar-refractivity contribution < 1.29 is 13.2 Å². The Labute approximate surface area is 77.5 Å². The quantitative estimate of drug-likeness (QED) is 0.650. The highest BCUT2D eigenvalue weighted by molar-refractivity contribution is 8.13. The summed E-state index contributed by atoms with van der Waals surface area (Å²) in [5.74, 6) is 0.0154. The number of rotatable bonds is 2. The predicted octanol–water partition coefficient (Wildman–Crippen LogP) is 1.37. The lowest BCUT2D eigenvalue weighted by atomic mass is 9.87. The summed E-state index contributed by atoms with van der Waals surface area (Å²) in [6.07, 6.45) is 1.79. The summed E-state index contributed by atoms with van der Waals surface area (Å²) < 4.78 is 26.8. The van der Waals surface area contributed by atoms with Crippen LogP contribution in [-0.2, 0) is 13.8 Å². The van der Waals surface area contributed by atoms with E-state index in [0.717, 1.165) is 19.4 Å². The summed E-state index contributed by atoms with van der Waals surface area (Å²) in [6, 6.07) is 0. The molecule has 1 unspecified atom stereocenters. The number of halogens is 1. The minimum Gasteiger partial charge on any atom is -0.381 e. The first-order chi connectivity index (χ1) is 5.41. The monoisotopic (exact) mass is 212 g/mol. The highest BCUT2D eigenvalue weighted by Gasteiger charge is 2.32. The fourth-order valence-corrected chi connectivity index (χ4v) is 3.37. The standard InChI is InChI=1S/C7H13ClO3S/c1-7(6-12(8,9)10)3-2-4-11-5-7/h2-6H2,1H3. The maximum absolute atomic E-state index is 10.8. The molecule has 1 heterocycles. The summed E-state index contributed by atoms with van der Waals surface area (Å²) in [7, 11) is 1.78. The van der Waals surface area contributed by atoms with Crippen LogP contribution in [0.25, 0.3) is 0 Å². The van der Waals surface area contributed by atoms with E-state index in [1.54, 1.807) is 0 Å². The fourth-order valence-electron chi connectivity index (χ4n) is 1.52. The van der Waals surface area contributed by atoms with Crippen LogP contribution in [0.4, 0.5) is 0 Å². The fraction of sp³-hybridized carbons (Fsp3) is 1.00. The molecule has 0 radical (unpaired) electrons. The molecule has 0 aliphatic carbocycles. The molecule has 72 valence electrons. The molecule has 1 aliphatic heterocycles. The number of hydrogen-bond donors (Lipinski definition) is 0. The zero-order valence-corrected chi connectivity index (χ0v) is 8.62. The Bertz CT molecular complexity index is 241. The van der Waals surface area contributed by atoms with Crippen LogP contribution in [0.2, 0.25) is 0 Å². The van der Waals surface area contributed by atoms with Crippen molar-refractivity contribution in [3.05, 3.63) is 0 Å². The second-order valence-corrected chi connectivity index (χ2v) is 6.43. The second-order valence-electron chi connectivity index (χ2n) is 3.65. The molecule has 0 saturated carbocycles. The average Bonchev–Trinajstić information content (AvgIpc) is 1.83. The molecule has 0 aromatic heterocycles. The van der Waals surface area contributed by atoms with E-state index in [-0.39, 0.29) is 11.2 Å². The van der Waals surface area contributed by atoms with Crippen molar-refractivity contribution in [1.82, 2.24) is 0 Å². The van der Waals surface area contributed by atoms with E-state index in [1.807, 2.05) is 6.92 Å². The molecule has 0 N–H and O–H groups in total. The van der Waals surface area contributed by atoms with Gasteiger partial charge >= 0.3 is 0 Å². The Morgan fingerprint density at radius 2 is 2.25 bits per heavy atom. The van der Waals surface area contributed by atoms with E-state index in [9.17, 15) is 8.42 Å². The third-order valence-corrected chi connectivity index (χ3v) is 3.41. The Balaban J connectivity index is 2.59. The van der Waals surface area contributed by atoms with Crippen LogP contribution in [-0.4, -0.2) is 27.4 Å². The van der Waals surface area contributed by atoms with Gasteiger partial charge in [-0.3, -0.25) is 0 Å². The van der Waals surface area contributed by atoms with Gasteiger partial charge in [-0.05, 0) is 12.8 Å². The number of ether oxygens (including phenoxy) is 1. The van der Waals surface area contributed by atoms with Crippen LogP contribution in [0.5, 0.6) is 0 Å². The molecule has 1 atom stereocenters. The van der Waals surface area contributed by atoms with Crippen LogP contribution in [0, 0.1) is 5.41 Å². The maximum Gasteiger partial charge on any atom is 0.233 e. The van der Waals surface area contributed by atoms with Crippen molar-refractivity contribution in [2.45, 2.75) is 19.8 Å². The third kappa shape index (κ3) is 3.29. The van der Waals surface area contributed by atoms with Crippen molar-refractivity contribution in [3.8, 4) is 0 Å². The number of hydrogen-bond acceptors (Lipinski definition) is 3. The summed E-state index contributed by atoms with van der Waals surface area (Å²) >= 11 is 0. The molecule has 1 saturated heterocycles. The van der Waals surface area contributed by atoms with Gasteiger partial charge in [0.15, 0.2) is 0 Å². The Morgan fingerprint density at radius 3 is 2.67 bits per heavy atom. The molecule has 5 heteroatoms. The van der Waals surface area contributed by atoms with Gasteiger partial charge in [-0.1, -0.05) is 6.92 Å². The van der Waals surface area contributed by atoms with Crippen molar-refractivity contribution in [3.63, 3.8) is 0 Å². The molecule has 12 heavy (non-hydrogen) atoms. The van der Waals surface area contributed by atoms with Gasteiger partial charge in [0.1, 0.15) is 0 Å². The molecule has 0 bridgehead atoms. The first-order valence-corrected chi connectivity index (χ1v) is 6.39. The Kier molecular flexibility index (Phi) is 3.01. The molecule has 1 fully saturated rings. The maximum atomic E-state index is 10.8. The lowest BCUT2D eigenvalue weighted by Crippen LogP contribution is -2.34. The van der Waals surface area contributed by atoms with E-state index in [2.05, 4.69) is 0 Å². The van der Waals surface area contributed by atoms with Gasteiger partial charge < -0.3 is 4.74 Å². The average molecular weight is 213 g/mol.